The summed E-state index contributed by atoms with van der Waals surface area (Å²) in [5.74, 6) is -1.85. The third kappa shape index (κ3) is 17.7. The van der Waals surface area contributed by atoms with Crippen molar-refractivity contribution in [3.8, 4) is 0 Å². The quantitative estimate of drug-likeness (QED) is 0.150. The van der Waals surface area contributed by atoms with Crippen LogP contribution in [0.5, 0.6) is 0 Å². The molecule has 0 rings (SSSR count). The molecule has 8 heteroatoms. The van der Waals surface area contributed by atoms with Gasteiger partial charge in [0.05, 0.1) is 19.8 Å². The number of esters is 4. The molecule has 1 atom stereocenters. The van der Waals surface area contributed by atoms with Crippen LogP contribution >= 0.6 is 0 Å². The fraction of sp³-hybridized carbons (Fsp3) is 0.727. The third-order valence-corrected chi connectivity index (χ3v) is 3.98. The first-order valence-electron chi connectivity index (χ1n) is 10.8. The standard InChI is InChI=1S/C22H36O8/c1-4-6-15-27-19(23)10-8-9-11-20(24)29-17-14-18(3)30-22(26)13-12-21(25)28-16-7-5-2/h12-13,18H,4-11,14-17H2,1-3H3/b13-12-. The second kappa shape index (κ2) is 18.6. The largest absolute Gasteiger partial charge is 0.466 e. The predicted molar refractivity (Wildman–Crippen MR) is 110 cm³/mol. The van der Waals surface area contributed by atoms with Crippen molar-refractivity contribution in [3.63, 3.8) is 0 Å². The zero-order chi connectivity index (χ0) is 22.6. The van der Waals surface area contributed by atoms with E-state index >= 15 is 0 Å². The minimum Gasteiger partial charge on any atom is -0.466 e. The summed E-state index contributed by atoms with van der Waals surface area (Å²) >= 11 is 0. The molecule has 30 heavy (non-hydrogen) atoms. The molecule has 0 saturated carbocycles. The zero-order valence-corrected chi connectivity index (χ0v) is 18.5. The van der Waals surface area contributed by atoms with Gasteiger partial charge in [-0.1, -0.05) is 26.7 Å². The Bertz CT molecular complexity index is 541. The number of hydrogen-bond donors (Lipinski definition) is 0. The van der Waals surface area contributed by atoms with Crippen LogP contribution in [0.3, 0.4) is 0 Å². The highest BCUT2D eigenvalue weighted by Gasteiger charge is 2.10. The summed E-state index contributed by atoms with van der Waals surface area (Å²) in [4.78, 5) is 46.1. The molecular formula is C22H36O8. The Kier molecular flexibility index (Phi) is 17.2. The van der Waals surface area contributed by atoms with E-state index in [9.17, 15) is 19.2 Å². The highest BCUT2D eigenvalue weighted by molar-refractivity contribution is 5.91. The Hall–Kier alpha value is -2.38. The highest BCUT2D eigenvalue weighted by Crippen LogP contribution is 2.05. The molecule has 172 valence electrons. The van der Waals surface area contributed by atoms with E-state index in [-0.39, 0.29) is 25.0 Å². The molecule has 0 amide bonds. The maximum atomic E-state index is 11.7. The first-order chi connectivity index (χ1) is 14.4. The summed E-state index contributed by atoms with van der Waals surface area (Å²) < 4.78 is 20.1. The van der Waals surface area contributed by atoms with E-state index in [0.717, 1.165) is 37.8 Å². The Morgan fingerprint density at radius 1 is 0.700 bits per heavy atom. The van der Waals surface area contributed by atoms with Crippen molar-refractivity contribution in [1.82, 2.24) is 0 Å². The maximum Gasteiger partial charge on any atom is 0.331 e. The van der Waals surface area contributed by atoms with E-state index in [1.807, 2.05) is 13.8 Å². The molecular weight excluding hydrogens is 392 g/mol. The van der Waals surface area contributed by atoms with E-state index in [2.05, 4.69) is 0 Å². The molecule has 1 unspecified atom stereocenters. The second-order valence-electron chi connectivity index (χ2n) is 6.89. The first-order valence-corrected chi connectivity index (χ1v) is 10.8. The monoisotopic (exact) mass is 428 g/mol. The Balaban J connectivity index is 3.78. The molecule has 0 fully saturated rings. The van der Waals surface area contributed by atoms with Crippen molar-refractivity contribution in [2.24, 2.45) is 0 Å². The van der Waals surface area contributed by atoms with Crippen molar-refractivity contribution in [2.45, 2.75) is 84.7 Å². The lowest BCUT2D eigenvalue weighted by Crippen LogP contribution is -2.17. The SMILES string of the molecule is CCCCOC(=O)/C=C\C(=O)OC(C)CCOC(=O)CCCCC(=O)OCCCC. The molecule has 0 N–H and O–H groups in total. The number of carbonyl (C=O) groups excluding carboxylic acids is 4. The van der Waals surface area contributed by atoms with Gasteiger partial charge in [0.15, 0.2) is 0 Å². The Morgan fingerprint density at radius 2 is 1.20 bits per heavy atom. The lowest BCUT2D eigenvalue weighted by Gasteiger charge is -2.12. The van der Waals surface area contributed by atoms with Gasteiger partial charge in [-0.15, -0.1) is 0 Å². The lowest BCUT2D eigenvalue weighted by atomic mass is 10.2. The van der Waals surface area contributed by atoms with Gasteiger partial charge in [0, 0.05) is 31.4 Å². The smallest absolute Gasteiger partial charge is 0.331 e. The number of rotatable bonds is 17. The summed E-state index contributed by atoms with van der Waals surface area (Å²) in [5, 5.41) is 0. The number of hydrogen-bond acceptors (Lipinski definition) is 8. The highest BCUT2D eigenvalue weighted by atomic mass is 16.6. The van der Waals surface area contributed by atoms with Crippen LogP contribution in [-0.4, -0.2) is 49.8 Å². The maximum absolute atomic E-state index is 11.7. The van der Waals surface area contributed by atoms with Crippen LogP contribution in [-0.2, 0) is 38.1 Å². The van der Waals surface area contributed by atoms with Gasteiger partial charge in [0.1, 0.15) is 6.10 Å². The van der Waals surface area contributed by atoms with Gasteiger partial charge in [-0.25, -0.2) is 9.59 Å². The molecule has 0 heterocycles. The van der Waals surface area contributed by atoms with Crippen LogP contribution in [0.2, 0.25) is 0 Å². The average molecular weight is 429 g/mol. The molecule has 0 spiro atoms. The van der Waals surface area contributed by atoms with Crippen LogP contribution in [0, 0.1) is 0 Å². The van der Waals surface area contributed by atoms with Gasteiger partial charge in [0.25, 0.3) is 0 Å². The van der Waals surface area contributed by atoms with E-state index in [1.54, 1.807) is 6.92 Å². The topological polar surface area (TPSA) is 105 Å². The van der Waals surface area contributed by atoms with Crippen molar-refractivity contribution in [2.75, 3.05) is 19.8 Å². The summed E-state index contributed by atoms with van der Waals surface area (Å²) in [6.07, 6.45) is 7.07. The van der Waals surface area contributed by atoms with Crippen LogP contribution in [0.4, 0.5) is 0 Å². The van der Waals surface area contributed by atoms with Crippen molar-refractivity contribution >= 4 is 23.9 Å². The van der Waals surface area contributed by atoms with Crippen LogP contribution in [0.25, 0.3) is 0 Å². The van der Waals surface area contributed by atoms with Gasteiger partial charge < -0.3 is 18.9 Å². The molecule has 0 aliphatic carbocycles. The second-order valence-corrected chi connectivity index (χ2v) is 6.89. The molecule has 0 aromatic carbocycles. The molecule has 0 bridgehead atoms. The number of unbranched alkanes of at least 4 members (excludes halogenated alkanes) is 3. The number of carbonyl (C=O) groups is 4. The van der Waals surface area contributed by atoms with Gasteiger partial charge in [-0.2, -0.15) is 0 Å². The molecule has 0 aliphatic heterocycles. The molecule has 0 aromatic heterocycles. The fourth-order valence-corrected chi connectivity index (χ4v) is 2.15. The van der Waals surface area contributed by atoms with E-state index in [4.69, 9.17) is 18.9 Å². The van der Waals surface area contributed by atoms with Crippen LogP contribution in [0.15, 0.2) is 12.2 Å². The molecule has 8 nitrogen and oxygen atoms in total. The van der Waals surface area contributed by atoms with Crippen LogP contribution < -0.4 is 0 Å². The number of ether oxygens (including phenoxy) is 4. The lowest BCUT2D eigenvalue weighted by molar-refractivity contribution is -0.148. The van der Waals surface area contributed by atoms with Gasteiger partial charge >= 0.3 is 23.9 Å². The minimum atomic E-state index is -0.660. The minimum absolute atomic E-state index is 0.120. The Morgan fingerprint density at radius 3 is 1.77 bits per heavy atom. The summed E-state index contributed by atoms with van der Waals surface area (Å²) in [6, 6.07) is 0. The molecule has 0 aromatic rings. The average Bonchev–Trinajstić information content (AvgIpc) is 2.70. The molecule has 0 saturated heterocycles. The third-order valence-electron chi connectivity index (χ3n) is 3.98. The Labute approximate surface area is 179 Å². The molecule has 0 aliphatic rings. The predicted octanol–water partition coefficient (Wildman–Crippen LogP) is 3.65. The van der Waals surface area contributed by atoms with Gasteiger partial charge in [-0.3, -0.25) is 9.59 Å². The zero-order valence-electron chi connectivity index (χ0n) is 18.5. The summed E-state index contributed by atoms with van der Waals surface area (Å²) in [7, 11) is 0. The van der Waals surface area contributed by atoms with Crippen molar-refractivity contribution in [1.29, 1.82) is 0 Å². The van der Waals surface area contributed by atoms with E-state index in [1.165, 1.54) is 0 Å². The molecule has 0 radical (unpaired) electrons. The fourth-order valence-electron chi connectivity index (χ4n) is 2.15. The first kappa shape index (κ1) is 27.6. The summed E-state index contributed by atoms with van der Waals surface area (Å²) in [5.41, 5.74) is 0. The van der Waals surface area contributed by atoms with E-state index < -0.39 is 18.0 Å². The normalized spacial score (nSPS) is 11.7. The summed E-state index contributed by atoms with van der Waals surface area (Å²) in [6.45, 7) is 6.56. The van der Waals surface area contributed by atoms with Gasteiger partial charge in [0.2, 0.25) is 0 Å². The van der Waals surface area contributed by atoms with Crippen LogP contribution in [0.1, 0.15) is 78.6 Å². The van der Waals surface area contributed by atoms with Crippen molar-refractivity contribution in [3.05, 3.63) is 12.2 Å². The van der Waals surface area contributed by atoms with Gasteiger partial charge in [-0.05, 0) is 32.6 Å². The van der Waals surface area contributed by atoms with Crippen molar-refractivity contribution < 1.29 is 38.1 Å². The van der Waals surface area contributed by atoms with E-state index in [0.29, 0.717) is 38.9 Å².